The fraction of sp³-hybridized carbons (Fsp3) is 0.571. The van der Waals surface area contributed by atoms with E-state index in [9.17, 15) is 5.11 Å². The van der Waals surface area contributed by atoms with Gasteiger partial charge in [-0.15, -0.1) is 0 Å². The molecule has 0 bridgehead atoms. The summed E-state index contributed by atoms with van der Waals surface area (Å²) in [6.07, 6.45) is -1.02. The van der Waals surface area contributed by atoms with Crippen LogP contribution in [0.1, 0.15) is 32.4 Å². The van der Waals surface area contributed by atoms with Gasteiger partial charge in [0.2, 0.25) is 0 Å². The van der Waals surface area contributed by atoms with E-state index in [0.29, 0.717) is 10.8 Å². The number of hydrogen-bond acceptors (Lipinski definition) is 3. The average molecular weight is 273 g/mol. The van der Waals surface area contributed by atoms with Gasteiger partial charge in [0.1, 0.15) is 11.9 Å². The van der Waals surface area contributed by atoms with Crippen LogP contribution in [-0.4, -0.2) is 25.4 Å². The highest BCUT2D eigenvalue weighted by molar-refractivity contribution is 6.32. The third-order valence-electron chi connectivity index (χ3n) is 2.91. The molecule has 0 heterocycles. The van der Waals surface area contributed by atoms with Gasteiger partial charge in [0.05, 0.1) is 18.2 Å². The van der Waals surface area contributed by atoms with Crippen LogP contribution in [0.15, 0.2) is 18.2 Å². The van der Waals surface area contributed by atoms with E-state index in [1.165, 1.54) is 0 Å². The third kappa shape index (κ3) is 3.37. The lowest BCUT2D eigenvalue weighted by molar-refractivity contribution is -0.0724. The summed E-state index contributed by atoms with van der Waals surface area (Å²) < 4.78 is 10.6. The number of benzene rings is 1. The van der Waals surface area contributed by atoms with Crippen LogP contribution in [0.2, 0.25) is 5.02 Å². The highest BCUT2D eigenvalue weighted by atomic mass is 35.5. The second kappa shape index (κ2) is 5.91. The van der Waals surface area contributed by atoms with Crippen molar-refractivity contribution in [2.45, 2.75) is 33.0 Å². The normalized spacial score (nSPS) is 15.3. The van der Waals surface area contributed by atoms with Gasteiger partial charge in [-0.05, 0) is 23.1 Å². The Morgan fingerprint density at radius 3 is 2.28 bits per heavy atom. The summed E-state index contributed by atoms with van der Waals surface area (Å²) in [4.78, 5) is 0. The topological polar surface area (TPSA) is 38.7 Å². The summed E-state index contributed by atoms with van der Waals surface area (Å²) in [5, 5.41) is 10.9. The lowest BCUT2D eigenvalue weighted by atomic mass is 9.83. The predicted octanol–water partition coefficient (Wildman–Crippen LogP) is 3.44. The number of halogens is 1. The molecule has 0 aliphatic rings. The van der Waals surface area contributed by atoms with Crippen molar-refractivity contribution in [3.05, 3.63) is 28.8 Å². The van der Waals surface area contributed by atoms with Gasteiger partial charge >= 0.3 is 0 Å². The van der Waals surface area contributed by atoms with Crippen LogP contribution in [0, 0.1) is 5.41 Å². The Hall–Kier alpha value is -0.770. The van der Waals surface area contributed by atoms with Crippen LogP contribution in [0.25, 0.3) is 0 Å². The van der Waals surface area contributed by atoms with Crippen molar-refractivity contribution in [1.29, 1.82) is 0 Å². The molecule has 0 radical (unpaired) electrons. The summed E-state index contributed by atoms with van der Waals surface area (Å²) >= 11 is 5.97. The number of rotatable bonds is 4. The van der Waals surface area contributed by atoms with Gasteiger partial charge in [0, 0.05) is 7.11 Å². The van der Waals surface area contributed by atoms with Crippen molar-refractivity contribution in [3.63, 3.8) is 0 Å². The molecule has 4 heteroatoms. The van der Waals surface area contributed by atoms with Gasteiger partial charge in [-0.25, -0.2) is 0 Å². The highest BCUT2D eigenvalue weighted by Crippen LogP contribution is 2.35. The van der Waals surface area contributed by atoms with Crippen LogP contribution in [0.3, 0.4) is 0 Å². The number of methoxy groups -OCH3 is 2. The zero-order chi connectivity index (χ0) is 13.9. The smallest absolute Gasteiger partial charge is 0.137 e. The fourth-order valence-corrected chi connectivity index (χ4v) is 2.19. The largest absolute Gasteiger partial charge is 0.495 e. The highest BCUT2D eigenvalue weighted by Gasteiger charge is 2.32. The van der Waals surface area contributed by atoms with Crippen molar-refractivity contribution < 1.29 is 14.6 Å². The van der Waals surface area contributed by atoms with Gasteiger partial charge < -0.3 is 14.6 Å². The number of aliphatic hydroxyl groups excluding tert-OH is 1. The van der Waals surface area contributed by atoms with Gasteiger partial charge in [-0.2, -0.15) is 0 Å². The summed E-state index contributed by atoms with van der Waals surface area (Å²) in [5.74, 6) is 0.553. The summed E-state index contributed by atoms with van der Waals surface area (Å²) in [5.41, 5.74) is 0.569. The van der Waals surface area contributed by atoms with Gasteiger partial charge in [-0.1, -0.05) is 38.4 Å². The lowest BCUT2D eigenvalue weighted by Crippen LogP contribution is -2.34. The minimum atomic E-state index is -0.721. The Morgan fingerprint density at radius 1 is 1.22 bits per heavy atom. The maximum Gasteiger partial charge on any atom is 0.137 e. The standard InChI is InChI=1S/C14H21ClO3/c1-14(2,3)13(18-5)12(16)9-6-7-10(15)11(8-9)17-4/h6-8,12-13,16H,1-5H3. The second-order valence-corrected chi connectivity index (χ2v) is 5.77. The van der Waals surface area contributed by atoms with Crippen molar-refractivity contribution in [2.75, 3.05) is 14.2 Å². The molecular formula is C14H21ClO3. The molecule has 1 rings (SSSR count). The van der Waals surface area contributed by atoms with Crippen LogP contribution in [0.5, 0.6) is 5.75 Å². The molecule has 0 saturated carbocycles. The monoisotopic (exact) mass is 272 g/mol. The first kappa shape index (κ1) is 15.3. The number of aliphatic hydroxyl groups is 1. The van der Waals surface area contributed by atoms with Crippen molar-refractivity contribution in [3.8, 4) is 5.75 Å². The Labute approximate surface area is 114 Å². The quantitative estimate of drug-likeness (QED) is 0.912. The molecule has 1 N–H and O–H groups in total. The van der Waals surface area contributed by atoms with Crippen LogP contribution < -0.4 is 4.74 Å². The van der Waals surface area contributed by atoms with Crippen LogP contribution >= 0.6 is 11.6 Å². The Kier molecular flexibility index (Phi) is 5.02. The molecule has 0 fully saturated rings. The van der Waals surface area contributed by atoms with E-state index >= 15 is 0 Å². The van der Waals surface area contributed by atoms with Gasteiger partial charge in [0.15, 0.2) is 0 Å². The van der Waals surface area contributed by atoms with E-state index < -0.39 is 6.10 Å². The molecule has 2 unspecified atom stereocenters. The van der Waals surface area contributed by atoms with E-state index in [2.05, 4.69) is 0 Å². The molecule has 1 aromatic carbocycles. The van der Waals surface area contributed by atoms with Crippen molar-refractivity contribution in [2.24, 2.45) is 5.41 Å². The molecule has 102 valence electrons. The summed E-state index contributed by atoms with van der Waals surface area (Å²) in [6.45, 7) is 6.08. The molecule has 0 spiro atoms. The predicted molar refractivity (Wildman–Crippen MR) is 73.2 cm³/mol. The Morgan fingerprint density at radius 2 is 1.83 bits per heavy atom. The van der Waals surface area contributed by atoms with Crippen LogP contribution in [0.4, 0.5) is 0 Å². The minimum Gasteiger partial charge on any atom is -0.495 e. The molecule has 0 aromatic heterocycles. The van der Waals surface area contributed by atoms with Crippen molar-refractivity contribution >= 4 is 11.6 Å². The molecule has 0 aliphatic carbocycles. The second-order valence-electron chi connectivity index (χ2n) is 5.36. The molecule has 2 atom stereocenters. The molecule has 0 amide bonds. The molecule has 3 nitrogen and oxygen atoms in total. The first-order valence-corrected chi connectivity index (χ1v) is 6.23. The Balaban J connectivity index is 3.06. The fourth-order valence-electron chi connectivity index (χ4n) is 1.99. The molecule has 18 heavy (non-hydrogen) atoms. The lowest BCUT2D eigenvalue weighted by Gasteiger charge is -2.33. The summed E-state index contributed by atoms with van der Waals surface area (Å²) in [7, 11) is 3.15. The molecule has 0 saturated heterocycles. The number of hydrogen-bond donors (Lipinski definition) is 1. The van der Waals surface area contributed by atoms with E-state index in [1.54, 1.807) is 32.4 Å². The zero-order valence-corrected chi connectivity index (χ0v) is 12.3. The first-order chi connectivity index (χ1) is 8.31. The van der Waals surface area contributed by atoms with Crippen molar-refractivity contribution in [1.82, 2.24) is 0 Å². The summed E-state index contributed by atoms with van der Waals surface area (Å²) in [6, 6.07) is 5.24. The third-order valence-corrected chi connectivity index (χ3v) is 3.22. The van der Waals surface area contributed by atoms with Crippen LogP contribution in [-0.2, 0) is 4.74 Å². The Bertz CT molecular complexity index is 399. The average Bonchev–Trinajstić information content (AvgIpc) is 2.28. The molecule has 1 aromatic rings. The van der Waals surface area contributed by atoms with Gasteiger partial charge in [0.25, 0.3) is 0 Å². The number of ether oxygens (including phenoxy) is 2. The SMILES string of the molecule is COc1cc(C(O)C(OC)C(C)(C)C)ccc1Cl. The van der Waals surface area contributed by atoms with E-state index in [4.69, 9.17) is 21.1 Å². The first-order valence-electron chi connectivity index (χ1n) is 5.85. The maximum absolute atomic E-state index is 10.4. The zero-order valence-electron chi connectivity index (χ0n) is 11.5. The van der Waals surface area contributed by atoms with E-state index in [0.717, 1.165) is 5.56 Å². The molecular weight excluding hydrogens is 252 g/mol. The van der Waals surface area contributed by atoms with Gasteiger partial charge in [-0.3, -0.25) is 0 Å². The van der Waals surface area contributed by atoms with E-state index in [1.807, 2.05) is 20.8 Å². The minimum absolute atomic E-state index is 0.166. The maximum atomic E-state index is 10.4. The van der Waals surface area contributed by atoms with E-state index in [-0.39, 0.29) is 11.5 Å². The molecule has 0 aliphatic heterocycles.